The topological polar surface area (TPSA) is 83.8 Å². The summed E-state index contributed by atoms with van der Waals surface area (Å²) in [6.45, 7) is -0.0890. The molecule has 1 aliphatic rings. The molecule has 0 aromatic rings. The van der Waals surface area contributed by atoms with Crippen LogP contribution in [0.25, 0.3) is 0 Å². The molecule has 0 saturated heterocycles. The molecule has 1 rings (SSSR count). The maximum Gasteiger partial charge on any atom is 0.354 e. The number of carboxylic acid groups (broad SMARTS) is 1. The lowest BCUT2D eigenvalue weighted by Gasteiger charge is -1.99. The average molecular weight is 187 g/mol. The molecule has 0 fully saturated rings. The predicted molar refractivity (Wildman–Crippen MR) is 43.0 cm³/mol. The first-order chi connectivity index (χ1) is 5.61. The molecule has 0 unspecified atom stereocenters. The Morgan fingerprint density at radius 2 is 2.17 bits per heavy atom. The Morgan fingerprint density at radius 1 is 1.50 bits per heavy atom. The number of carbonyl (C=O) groups is 1. The summed E-state index contributed by atoms with van der Waals surface area (Å²) in [5, 5.41) is 8.42. The number of rotatable bonds is 1. The van der Waals surface area contributed by atoms with Crippen molar-refractivity contribution in [1.29, 1.82) is 0 Å². The van der Waals surface area contributed by atoms with Crippen molar-refractivity contribution in [3.8, 4) is 0 Å². The van der Waals surface area contributed by atoms with E-state index < -0.39 is 16.3 Å². The van der Waals surface area contributed by atoms with Gasteiger partial charge >= 0.3 is 5.97 Å². The van der Waals surface area contributed by atoms with Crippen molar-refractivity contribution in [2.75, 3.05) is 6.54 Å². The van der Waals surface area contributed by atoms with E-state index in [2.05, 4.69) is 4.99 Å². The van der Waals surface area contributed by atoms with E-state index in [1.54, 1.807) is 0 Å². The maximum absolute atomic E-state index is 10.3. The number of dihydropyridines is 1. The van der Waals surface area contributed by atoms with Crippen LogP contribution in [0.15, 0.2) is 17.1 Å². The minimum Gasteiger partial charge on any atom is -0.477 e. The van der Waals surface area contributed by atoms with E-state index in [9.17, 15) is 13.2 Å². The number of nitrogens with zero attached hydrogens (tertiary/aromatic N) is 1. The SMILES string of the molecule is O=C(O)C1=NCC(=S(=O)=O)C=C1. The Bertz CT molecular complexity index is 393. The lowest BCUT2D eigenvalue weighted by molar-refractivity contribution is -0.129. The van der Waals surface area contributed by atoms with E-state index in [0.29, 0.717) is 0 Å². The Balaban J connectivity index is 2.96. The van der Waals surface area contributed by atoms with Gasteiger partial charge in [0.2, 0.25) is 10.3 Å². The fourth-order valence-corrected chi connectivity index (χ4v) is 1.04. The molecule has 12 heavy (non-hydrogen) atoms. The zero-order chi connectivity index (χ0) is 9.14. The highest BCUT2D eigenvalue weighted by atomic mass is 32.2. The van der Waals surface area contributed by atoms with Gasteiger partial charge in [0.15, 0.2) is 0 Å². The summed E-state index contributed by atoms with van der Waals surface area (Å²) in [5.74, 6) is -1.15. The lowest BCUT2D eigenvalue weighted by Crippen LogP contribution is -2.17. The van der Waals surface area contributed by atoms with Crippen molar-refractivity contribution in [3.63, 3.8) is 0 Å². The molecule has 0 atom stereocenters. The molecule has 0 radical (unpaired) electrons. The molecule has 0 saturated carbocycles. The van der Waals surface area contributed by atoms with Crippen LogP contribution >= 0.6 is 0 Å². The molecule has 0 aromatic heterocycles. The Kier molecular flexibility index (Phi) is 2.39. The summed E-state index contributed by atoms with van der Waals surface area (Å²) >= 11 is 0. The second-order valence-corrected chi connectivity index (χ2v) is 3.03. The molecule has 0 spiro atoms. The van der Waals surface area contributed by atoms with Gasteiger partial charge in [0, 0.05) is 0 Å². The number of hydrogen-bond donors (Lipinski definition) is 1. The third-order valence-corrected chi connectivity index (χ3v) is 1.96. The van der Waals surface area contributed by atoms with E-state index >= 15 is 0 Å². The summed E-state index contributed by atoms with van der Waals surface area (Å²) in [5.41, 5.74) is -0.121. The molecular weight excluding hydrogens is 182 g/mol. The first kappa shape index (κ1) is 8.66. The summed E-state index contributed by atoms with van der Waals surface area (Å²) < 4.78 is 20.7. The van der Waals surface area contributed by atoms with Crippen LogP contribution in [0.5, 0.6) is 0 Å². The Morgan fingerprint density at radius 3 is 2.50 bits per heavy atom. The summed E-state index contributed by atoms with van der Waals surface area (Å²) in [6, 6.07) is 0. The molecule has 1 heterocycles. The Hall–Kier alpha value is -1.43. The number of aliphatic imine (C=N–C) groups is 1. The van der Waals surface area contributed by atoms with Gasteiger partial charge in [-0.3, -0.25) is 4.99 Å². The van der Waals surface area contributed by atoms with Crippen LogP contribution < -0.4 is 0 Å². The van der Waals surface area contributed by atoms with Gasteiger partial charge in [0.25, 0.3) is 0 Å². The third kappa shape index (κ3) is 1.79. The van der Waals surface area contributed by atoms with Crippen LogP contribution in [-0.4, -0.2) is 36.6 Å². The first-order valence-corrected chi connectivity index (χ1v) is 4.09. The number of hydrogen-bond acceptors (Lipinski definition) is 4. The minimum absolute atomic E-state index is 0.0890. The van der Waals surface area contributed by atoms with Gasteiger partial charge in [-0.15, -0.1) is 0 Å². The highest BCUT2D eigenvalue weighted by molar-refractivity contribution is 7.73. The maximum atomic E-state index is 10.3. The Labute approximate surface area is 69.6 Å². The van der Waals surface area contributed by atoms with E-state index in [4.69, 9.17) is 5.11 Å². The summed E-state index contributed by atoms with van der Waals surface area (Å²) in [6.07, 6.45) is 2.40. The monoisotopic (exact) mass is 187 g/mol. The van der Waals surface area contributed by atoms with Crippen molar-refractivity contribution in [3.05, 3.63) is 12.2 Å². The number of aliphatic carboxylic acids is 1. The highest BCUT2D eigenvalue weighted by Gasteiger charge is 2.10. The molecule has 5 nitrogen and oxygen atoms in total. The zero-order valence-electron chi connectivity index (χ0n) is 5.89. The number of carboxylic acids is 1. The molecule has 6 heteroatoms. The van der Waals surface area contributed by atoms with Crippen LogP contribution in [0.4, 0.5) is 0 Å². The summed E-state index contributed by atoms with van der Waals surface area (Å²) in [7, 11) is -2.30. The molecule has 1 aliphatic heterocycles. The smallest absolute Gasteiger partial charge is 0.354 e. The van der Waals surface area contributed by atoms with E-state index in [-0.39, 0.29) is 17.1 Å². The van der Waals surface area contributed by atoms with Crippen molar-refractivity contribution < 1.29 is 18.3 Å². The highest BCUT2D eigenvalue weighted by Crippen LogP contribution is 1.94. The van der Waals surface area contributed by atoms with Gasteiger partial charge in [0.1, 0.15) is 5.71 Å². The molecule has 0 bridgehead atoms. The van der Waals surface area contributed by atoms with Gasteiger partial charge in [-0.2, -0.15) is 8.42 Å². The summed E-state index contributed by atoms with van der Waals surface area (Å²) in [4.78, 5) is 13.9. The van der Waals surface area contributed by atoms with Crippen LogP contribution in [0, 0.1) is 0 Å². The van der Waals surface area contributed by atoms with E-state index in [1.165, 1.54) is 6.08 Å². The normalized spacial score (nSPS) is 15.7. The quantitative estimate of drug-likeness (QED) is 0.541. The fraction of sp³-hybridized carbons (Fsp3) is 0.167. The molecule has 0 aliphatic carbocycles. The fourth-order valence-electron chi connectivity index (χ4n) is 0.688. The van der Waals surface area contributed by atoms with Gasteiger partial charge in [-0.1, -0.05) is 0 Å². The minimum atomic E-state index is -2.30. The van der Waals surface area contributed by atoms with Crippen LogP contribution in [0.1, 0.15) is 0 Å². The zero-order valence-corrected chi connectivity index (χ0v) is 6.71. The van der Waals surface area contributed by atoms with Crippen LogP contribution in [-0.2, 0) is 15.1 Å². The van der Waals surface area contributed by atoms with Crippen LogP contribution in [0.3, 0.4) is 0 Å². The molecule has 64 valence electrons. The largest absolute Gasteiger partial charge is 0.477 e. The van der Waals surface area contributed by atoms with E-state index in [1.807, 2.05) is 0 Å². The van der Waals surface area contributed by atoms with Crippen molar-refractivity contribution >= 4 is 26.8 Å². The standard InChI is InChI=1S/C6H5NO4S/c8-6(9)5-2-1-4(3-7-5)12(10)11/h1-2H,3H2,(H,8,9). The van der Waals surface area contributed by atoms with Gasteiger partial charge in [0.05, 0.1) is 11.4 Å². The van der Waals surface area contributed by atoms with Gasteiger partial charge in [-0.05, 0) is 12.2 Å². The van der Waals surface area contributed by atoms with Crippen molar-refractivity contribution in [2.45, 2.75) is 0 Å². The van der Waals surface area contributed by atoms with Crippen LogP contribution in [0.2, 0.25) is 0 Å². The third-order valence-electron chi connectivity index (χ3n) is 1.27. The van der Waals surface area contributed by atoms with Gasteiger partial charge in [-0.25, -0.2) is 4.79 Å². The molecule has 0 amide bonds. The second-order valence-electron chi connectivity index (χ2n) is 2.04. The molecule has 0 aromatic carbocycles. The van der Waals surface area contributed by atoms with E-state index in [0.717, 1.165) is 6.08 Å². The second kappa shape index (κ2) is 3.31. The van der Waals surface area contributed by atoms with Crippen molar-refractivity contribution in [2.24, 2.45) is 4.99 Å². The molecule has 1 N–H and O–H groups in total. The average Bonchev–Trinajstić information content (AvgIpc) is 2.04. The predicted octanol–water partition coefficient (Wildman–Crippen LogP) is -0.867. The lowest BCUT2D eigenvalue weighted by atomic mass is 10.2. The van der Waals surface area contributed by atoms with Crippen molar-refractivity contribution in [1.82, 2.24) is 0 Å². The first-order valence-electron chi connectivity index (χ1n) is 3.02. The molecular formula is C6H5NO4S. The van der Waals surface area contributed by atoms with Gasteiger partial charge < -0.3 is 5.11 Å².